The number of likely N-dealkylation sites (N-methyl/N-ethyl adjacent to an activating group) is 1. The number of nitrogens with one attached hydrogen (secondary N) is 1. The third-order valence-electron chi connectivity index (χ3n) is 3.97. The molecule has 0 fully saturated rings. The van der Waals surface area contributed by atoms with Gasteiger partial charge in [-0.25, -0.2) is 0 Å². The number of rotatable bonds is 5. The van der Waals surface area contributed by atoms with Crippen molar-refractivity contribution in [3.8, 4) is 0 Å². The quantitative estimate of drug-likeness (QED) is 0.562. The van der Waals surface area contributed by atoms with Gasteiger partial charge in [0.1, 0.15) is 0 Å². The summed E-state index contributed by atoms with van der Waals surface area (Å²) >= 11 is 6.01. The van der Waals surface area contributed by atoms with E-state index >= 15 is 0 Å². The molecule has 1 aromatic heterocycles. The number of nitrogens with zero attached hydrogens (tertiary/aromatic N) is 1. The first kappa shape index (κ1) is 16.3. The maximum atomic E-state index is 12.7. The molecule has 0 saturated carbocycles. The van der Waals surface area contributed by atoms with Crippen molar-refractivity contribution in [2.24, 2.45) is 0 Å². The molecule has 0 aliphatic carbocycles. The minimum Gasteiger partial charge on any atom is -0.360 e. The first-order chi connectivity index (χ1) is 11.6. The van der Waals surface area contributed by atoms with Crippen LogP contribution in [0.25, 0.3) is 10.9 Å². The fourth-order valence-corrected chi connectivity index (χ4v) is 2.84. The van der Waals surface area contributed by atoms with Crippen LogP contribution in [0.3, 0.4) is 0 Å². The molecule has 0 bridgehead atoms. The summed E-state index contributed by atoms with van der Waals surface area (Å²) in [6, 6.07) is 14.8. The van der Waals surface area contributed by atoms with Crippen molar-refractivity contribution in [1.29, 1.82) is 0 Å². The number of fused-ring (bicyclic) bond motifs is 1. The van der Waals surface area contributed by atoms with E-state index in [1.165, 1.54) is 0 Å². The van der Waals surface area contributed by atoms with E-state index in [-0.39, 0.29) is 0 Å². The number of aromatic amines is 1. The summed E-state index contributed by atoms with van der Waals surface area (Å²) < 4.78 is 0. The monoisotopic (exact) mass is 340 g/mol. The minimum absolute atomic E-state index is 0.351. The third kappa shape index (κ3) is 3.19. The molecule has 0 spiro atoms. The first-order valence-electron chi connectivity index (χ1n) is 7.74. The molecular formula is C19H17ClN2O2. The lowest BCUT2D eigenvalue weighted by molar-refractivity contribution is -0.126. The van der Waals surface area contributed by atoms with Crippen molar-refractivity contribution < 1.29 is 9.59 Å². The Balaban J connectivity index is 1.87. The number of H-pyrrole nitrogens is 1. The summed E-state index contributed by atoms with van der Waals surface area (Å²) in [4.78, 5) is 29.9. The van der Waals surface area contributed by atoms with E-state index in [9.17, 15) is 9.59 Å². The van der Waals surface area contributed by atoms with Crippen LogP contribution in [0.2, 0.25) is 5.02 Å². The number of hydrogen-bond acceptors (Lipinski definition) is 2. The highest BCUT2D eigenvalue weighted by Crippen LogP contribution is 2.23. The lowest BCUT2D eigenvalue weighted by Crippen LogP contribution is -2.35. The number of carbonyl (C=O) groups is 2. The molecule has 1 heterocycles. The molecule has 0 radical (unpaired) electrons. The molecule has 1 amide bonds. The standard InChI is InChI=1S/C19H17ClN2O2/c1-2-22(12-13-6-4-3-5-7-13)19(24)18(23)16-11-21-17-9-8-14(20)10-15(16)17/h3-11,21H,2,12H2,1H3. The summed E-state index contributed by atoms with van der Waals surface area (Å²) in [6.07, 6.45) is 1.57. The van der Waals surface area contributed by atoms with E-state index in [0.717, 1.165) is 11.1 Å². The molecule has 3 rings (SSSR count). The highest BCUT2D eigenvalue weighted by molar-refractivity contribution is 6.45. The summed E-state index contributed by atoms with van der Waals surface area (Å²) in [5.74, 6) is -1.04. The van der Waals surface area contributed by atoms with Crippen molar-refractivity contribution in [3.63, 3.8) is 0 Å². The second-order valence-electron chi connectivity index (χ2n) is 5.53. The van der Waals surface area contributed by atoms with Crippen molar-refractivity contribution in [3.05, 3.63) is 70.9 Å². The number of Topliss-reactive ketones (excluding diaryl/α,β-unsaturated/α-hetero) is 1. The number of amides is 1. The van der Waals surface area contributed by atoms with Gasteiger partial charge < -0.3 is 9.88 Å². The van der Waals surface area contributed by atoms with Gasteiger partial charge >= 0.3 is 0 Å². The highest BCUT2D eigenvalue weighted by Gasteiger charge is 2.24. The van der Waals surface area contributed by atoms with Gasteiger partial charge in [-0.3, -0.25) is 9.59 Å². The zero-order valence-electron chi connectivity index (χ0n) is 13.3. The Morgan fingerprint density at radius 2 is 1.88 bits per heavy atom. The SMILES string of the molecule is CCN(Cc1ccccc1)C(=O)C(=O)c1c[nH]c2ccc(Cl)cc12. The van der Waals surface area contributed by atoms with E-state index in [4.69, 9.17) is 11.6 Å². The molecule has 0 unspecified atom stereocenters. The zero-order valence-corrected chi connectivity index (χ0v) is 14.0. The zero-order chi connectivity index (χ0) is 17.1. The summed E-state index contributed by atoms with van der Waals surface area (Å²) in [5.41, 5.74) is 2.12. The fraction of sp³-hybridized carbons (Fsp3) is 0.158. The number of hydrogen-bond donors (Lipinski definition) is 1. The van der Waals surface area contributed by atoms with Gasteiger partial charge in [0.2, 0.25) is 0 Å². The maximum Gasteiger partial charge on any atom is 0.295 e. The number of halogens is 1. The molecule has 0 aliphatic heterocycles. The molecule has 24 heavy (non-hydrogen) atoms. The van der Waals surface area contributed by atoms with E-state index in [0.29, 0.717) is 29.1 Å². The molecule has 0 atom stereocenters. The van der Waals surface area contributed by atoms with Gasteiger partial charge in [-0.1, -0.05) is 41.9 Å². The third-order valence-corrected chi connectivity index (χ3v) is 4.20. The molecule has 2 aromatic carbocycles. The Labute approximate surface area is 145 Å². The second kappa shape index (κ2) is 6.89. The molecule has 0 aliphatic rings. The summed E-state index contributed by atoms with van der Waals surface area (Å²) in [5, 5.41) is 1.19. The normalized spacial score (nSPS) is 10.8. The number of ketones is 1. The smallest absolute Gasteiger partial charge is 0.295 e. The Kier molecular flexibility index (Phi) is 4.67. The van der Waals surface area contributed by atoms with Crippen LogP contribution in [0.15, 0.2) is 54.7 Å². The predicted octanol–water partition coefficient (Wildman–Crippen LogP) is 4.05. The van der Waals surface area contributed by atoms with Crippen molar-refractivity contribution >= 4 is 34.2 Å². The number of carbonyl (C=O) groups excluding carboxylic acids is 2. The van der Waals surface area contributed by atoms with Gasteiger partial charge in [0.05, 0.1) is 5.56 Å². The summed E-state index contributed by atoms with van der Waals surface area (Å²) in [7, 11) is 0. The van der Waals surface area contributed by atoms with Crippen molar-refractivity contribution in [1.82, 2.24) is 9.88 Å². The largest absolute Gasteiger partial charge is 0.360 e. The molecule has 3 aromatic rings. The Bertz CT molecular complexity index is 887. The van der Waals surface area contributed by atoms with E-state index in [2.05, 4.69) is 4.98 Å². The molecule has 122 valence electrons. The second-order valence-corrected chi connectivity index (χ2v) is 5.96. The molecule has 0 saturated heterocycles. The van der Waals surface area contributed by atoms with Crippen LogP contribution in [-0.2, 0) is 11.3 Å². The molecule has 4 nitrogen and oxygen atoms in total. The van der Waals surface area contributed by atoms with Crippen LogP contribution < -0.4 is 0 Å². The van der Waals surface area contributed by atoms with Crippen molar-refractivity contribution in [2.45, 2.75) is 13.5 Å². The number of aromatic nitrogens is 1. The van der Waals surface area contributed by atoms with Crippen LogP contribution >= 0.6 is 11.6 Å². The minimum atomic E-state index is -0.527. The maximum absolute atomic E-state index is 12.7. The molecule has 5 heteroatoms. The number of benzene rings is 2. The van der Waals surface area contributed by atoms with E-state index < -0.39 is 11.7 Å². The van der Waals surface area contributed by atoms with Crippen LogP contribution in [-0.4, -0.2) is 28.1 Å². The van der Waals surface area contributed by atoms with Gasteiger partial charge in [0.25, 0.3) is 11.7 Å². The van der Waals surface area contributed by atoms with E-state index in [1.54, 1.807) is 29.3 Å². The first-order valence-corrected chi connectivity index (χ1v) is 8.12. The van der Waals surface area contributed by atoms with Gasteiger partial charge in [0, 0.05) is 35.2 Å². The van der Waals surface area contributed by atoms with Crippen molar-refractivity contribution in [2.75, 3.05) is 6.54 Å². The van der Waals surface area contributed by atoms with Crippen LogP contribution in [0, 0.1) is 0 Å². The van der Waals surface area contributed by atoms with E-state index in [1.807, 2.05) is 37.3 Å². The van der Waals surface area contributed by atoms with Gasteiger partial charge in [-0.15, -0.1) is 0 Å². The average molecular weight is 341 g/mol. The van der Waals surface area contributed by atoms with Gasteiger partial charge in [-0.2, -0.15) is 0 Å². The van der Waals surface area contributed by atoms with Crippen LogP contribution in [0.5, 0.6) is 0 Å². The Hall–Kier alpha value is -2.59. The molecule has 1 N–H and O–H groups in total. The lowest BCUT2D eigenvalue weighted by atomic mass is 10.1. The average Bonchev–Trinajstić information content (AvgIpc) is 3.02. The van der Waals surface area contributed by atoms with Gasteiger partial charge in [-0.05, 0) is 30.7 Å². The predicted molar refractivity (Wildman–Crippen MR) is 95.2 cm³/mol. The van der Waals surface area contributed by atoms with Gasteiger partial charge in [0.15, 0.2) is 0 Å². The Morgan fingerprint density at radius 3 is 2.58 bits per heavy atom. The molecular weight excluding hydrogens is 324 g/mol. The van der Waals surface area contributed by atoms with Crippen LogP contribution in [0.1, 0.15) is 22.8 Å². The summed E-state index contributed by atoms with van der Waals surface area (Å²) in [6.45, 7) is 2.73. The van der Waals surface area contributed by atoms with Crippen LogP contribution in [0.4, 0.5) is 0 Å². The topological polar surface area (TPSA) is 53.2 Å². The fourth-order valence-electron chi connectivity index (χ4n) is 2.67. The highest BCUT2D eigenvalue weighted by atomic mass is 35.5. The Morgan fingerprint density at radius 1 is 1.12 bits per heavy atom. The lowest BCUT2D eigenvalue weighted by Gasteiger charge is -2.20.